The van der Waals surface area contributed by atoms with E-state index in [1.807, 2.05) is 0 Å². The van der Waals surface area contributed by atoms with Gasteiger partial charge >= 0.3 is 0 Å². The van der Waals surface area contributed by atoms with Gasteiger partial charge in [0.2, 0.25) is 0 Å². The lowest BCUT2D eigenvalue weighted by Crippen LogP contribution is -2.35. The summed E-state index contributed by atoms with van der Waals surface area (Å²) in [4.78, 5) is 5.00. The Labute approximate surface area is 343 Å². The Morgan fingerprint density at radius 2 is 0.707 bits per heavy atom. The molecule has 0 saturated heterocycles. The van der Waals surface area contributed by atoms with E-state index in [-0.39, 0.29) is 0 Å². The predicted octanol–water partition coefficient (Wildman–Crippen LogP) is 14.2. The first-order chi connectivity index (χ1) is 28.5. The number of nitrogens with zero attached hydrogens (tertiary/aromatic N) is 2. The highest BCUT2D eigenvalue weighted by molar-refractivity contribution is 6.08. The van der Waals surface area contributed by atoms with Crippen molar-refractivity contribution in [3.63, 3.8) is 0 Å². The average Bonchev–Trinajstić information content (AvgIpc) is 3.29. The largest absolute Gasteiger partial charge is 0.308 e. The highest BCUT2D eigenvalue weighted by Crippen LogP contribution is 2.47. The van der Waals surface area contributed by atoms with Crippen molar-refractivity contribution in [3.8, 4) is 22.3 Å². The molecule has 0 radical (unpaired) electrons. The third-order valence-corrected chi connectivity index (χ3v) is 11.8. The number of hydrogen-bond acceptors (Lipinski definition) is 2. The van der Waals surface area contributed by atoms with Gasteiger partial charge in [0.1, 0.15) is 0 Å². The number of anilines is 6. The molecule has 0 aromatic heterocycles. The van der Waals surface area contributed by atoms with Crippen molar-refractivity contribution < 1.29 is 0 Å². The average molecular weight is 751 g/mol. The van der Waals surface area contributed by atoms with Gasteiger partial charge in [-0.25, -0.2) is 0 Å². The van der Waals surface area contributed by atoms with E-state index in [1.54, 1.807) is 0 Å². The Balaban J connectivity index is 1.32. The Hall–Kier alpha value is -6.64. The Morgan fingerprint density at radius 3 is 1.12 bits per heavy atom. The van der Waals surface area contributed by atoms with Gasteiger partial charge in [0.05, 0.1) is 11.4 Å². The van der Waals surface area contributed by atoms with Gasteiger partial charge < -0.3 is 9.80 Å². The van der Waals surface area contributed by atoms with Crippen LogP contribution in [0.4, 0.5) is 34.1 Å². The van der Waals surface area contributed by atoms with Gasteiger partial charge in [-0.3, -0.25) is 0 Å². The van der Waals surface area contributed by atoms with Crippen LogP contribution in [-0.2, 0) is 12.8 Å². The van der Waals surface area contributed by atoms with Crippen molar-refractivity contribution in [1.29, 1.82) is 0 Å². The quantitative estimate of drug-likeness (QED) is 0.128. The fourth-order valence-electron chi connectivity index (χ4n) is 8.46. The third-order valence-electron chi connectivity index (χ3n) is 11.8. The van der Waals surface area contributed by atoms with Crippen LogP contribution in [0.1, 0.15) is 48.9 Å². The van der Waals surface area contributed by atoms with E-state index < -0.39 is 0 Å². The minimum absolute atomic E-state index is 0.988. The van der Waals surface area contributed by atoms with Crippen molar-refractivity contribution >= 4 is 57.0 Å². The molecule has 0 atom stereocenters. The van der Waals surface area contributed by atoms with Crippen LogP contribution in [0, 0.1) is 13.8 Å². The van der Waals surface area contributed by atoms with Crippen LogP contribution in [-0.4, -0.2) is 0 Å². The number of aryl methyl sites for hydroxylation is 4. The molecule has 0 aliphatic heterocycles. The van der Waals surface area contributed by atoms with Crippen LogP contribution in [0.25, 0.3) is 45.2 Å². The van der Waals surface area contributed by atoms with E-state index in [1.165, 1.54) is 71.4 Å². The summed E-state index contributed by atoms with van der Waals surface area (Å²) in [5, 5.41) is 5.06. The summed E-state index contributed by atoms with van der Waals surface area (Å²) < 4.78 is 0. The number of fused-ring (bicyclic) bond motifs is 3. The van der Waals surface area contributed by atoms with Crippen LogP contribution in [0.5, 0.6) is 0 Å². The molecule has 58 heavy (non-hydrogen) atoms. The van der Waals surface area contributed by atoms with Gasteiger partial charge in [-0.1, -0.05) is 158 Å². The molecule has 284 valence electrons. The SMILES string of the molecule is CCc1ccc(-c2ccc(N(c3ccc(C)cc3)c3c(N(c4ccc(C)cc4)c4ccc(-c5ccc(CC)cc5)cc4)c4ccccc4c4c3=CCCC=4)cc2)cc1. The van der Waals surface area contributed by atoms with Crippen molar-refractivity contribution in [3.05, 3.63) is 203 Å². The summed E-state index contributed by atoms with van der Waals surface area (Å²) in [6.45, 7) is 8.75. The maximum Gasteiger partial charge on any atom is 0.0788 e. The van der Waals surface area contributed by atoms with Gasteiger partial charge in [0, 0.05) is 33.4 Å². The van der Waals surface area contributed by atoms with E-state index in [4.69, 9.17) is 0 Å². The Kier molecular flexibility index (Phi) is 10.2. The summed E-state index contributed by atoms with van der Waals surface area (Å²) in [6.07, 6.45) is 9.01. The maximum atomic E-state index is 2.50. The lowest BCUT2D eigenvalue weighted by atomic mass is 9.94. The van der Waals surface area contributed by atoms with E-state index >= 15 is 0 Å². The molecule has 0 spiro atoms. The van der Waals surface area contributed by atoms with Crippen LogP contribution >= 0.6 is 0 Å². The summed E-state index contributed by atoms with van der Waals surface area (Å²) in [5.74, 6) is 0. The molecule has 2 nitrogen and oxygen atoms in total. The van der Waals surface area contributed by atoms with Crippen LogP contribution in [0.3, 0.4) is 0 Å². The third kappa shape index (κ3) is 7.12. The van der Waals surface area contributed by atoms with E-state index in [0.29, 0.717) is 0 Å². The molecule has 0 amide bonds. The molecular weight excluding hydrogens is 701 g/mol. The van der Waals surface area contributed by atoms with Crippen LogP contribution in [0.2, 0.25) is 0 Å². The monoisotopic (exact) mass is 750 g/mol. The summed E-state index contributed by atoms with van der Waals surface area (Å²) in [6, 6.07) is 63.3. The molecule has 0 unspecified atom stereocenters. The van der Waals surface area contributed by atoms with Gasteiger partial charge in [-0.2, -0.15) is 0 Å². The smallest absolute Gasteiger partial charge is 0.0788 e. The minimum atomic E-state index is 0.988. The second-order valence-corrected chi connectivity index (χ2v) is 15.6. The van der Waals surface area contributed by atoms with Crippen molar-refractivity contribution in [2.75, 3.05) is 9.80 Å². The first kappa shape index (κ1) is 37.0. The fourth-order valence-corrected chi connectivity index (χ4v) is 8.46. The molecule has 2 heteroatoms. The van der Waals surface area contributed by atoms with Gasteiger partial charge in [-0.15, -0.1) is 0 Å². The van der Waals surface area contributed by atoms with Crippen LogP contribution in [0.15, 0.2) is 170 Å². The van der Waals surface area contributed by atoms with Crippen LogP contribution < -0.4 is 20.2 Å². The predicted molar refractivity (Wildman–Crippen MR) is 250 cm³/mol. The number of hydrogen-bond donors (Lipinski definition) is 0. The molecule has 0 bridgehead atoms. The summed E-state index contributed by atoms with van der Waals surface area (Å²) >= 11 is 0. The lowest BCUT2D eigenvalue weighted by molar-refractivity contribution is 1.11. The zero-order chi connectivity index (χ0) is 39.6. The number of benzene rings is 8. The molecule has 0 fully saturated rings. The first-order valence-electron chi connectivity index (χ1n) is 20.9. The first-order valence-corrected chi connectivity index (χ1v) is 20.9. The topological polar surface area (TPSA) is 6.48 Å². The molecule has 1 aliphatic carbocycles. The summed E-state index contributed by atoms with van der Waals surface area (Å²) in [7, 11) is 0. The molecule has 1 aliphatic rings. The molecule has 0 heterocycles. The highest BCUT2D eigenvalue weighted by atomic mass is 15.2. The van der Waals surface area contributed by atoms with Gasteiger partial charge in [0.15, 0.2) is 0 Å². The standard InChI is InChI=1S/C56H50N2/c1-5-41-19-23-43(24-20-41)45-27-35-49(36-28-45)57(47-31-15-39(3)16-32-47)55-53-13-9-7-11-51(53)52-12-8-10-14-54(52)56(55)58(48-33-17-40(4)18-34-48)50-37-29-46(30-38-50)44-25-21-42(6-2)22-26-44/h7,9,11-38H,5-6,8,10H2,1-4H3. The van der Waals surface area contributed by atoms with E-state index in [0.717, 1.165) is 54.1 Å². The lowest BCUT2D eigenvalue weighted by Gasteiger charge is -2.35. The number of rotatable bonds is 10. The molecule has 8 aromatic carbocycles. The summed E-state index contributed by atoms with van der Waals surface area (Å²) in [5.41, 5.74) is 16.8. The molecular formula is C56H50N2. The molecule has 8 aromatic rings. The molecule has 9 rings (SSSR count). The van der Waals surface area contributed by atoms with E-state index in [2.05, 4.69) is 220 Å². The Morgan fingerprint density at radius 1 is 0.362 bits per heavy atom. The molecule has 0 saturated carbocycles. The van der Waals surface area contributed by atoms with Gasteiger partial charge in [-0.05, 0) is 132 Å². The second kappa shape index (κ2) is 16.1. The van der Waals surface area contributed by atoms with Crippen molar-refractivity contribution in [2.45, 2.75) is 53.4 Å². The van der Waals surface area contributed by atoms with Crippen molar-refractivity contribution in [1.82, 2.24) is 0 Å². The highest BCUT2D eigenvalue weighted by Gasteiger charge is 2.27. The minimum Gasteiger partial charge on any atom is -0.308 e. The fraction of sp³-hybridized carbons (Fsp3) is 0.143. The van der Waals surface area contributed by atoms with Gasteiger partial charge in [0.25, 0.3) is 0 Å². The Bertz CT molecular complexity index is 2810. The normalized spacial score (nSPS) is 12.1. The van der Waals surface area contributed by atoms with Crippen molar-refractivity contribution in [2.24, 2.45) is 0 Å². The zero-order valence-electron chi connectivity index (χ0n) is 34.0. The van der Waals surface area contributed by atoms with E-state index in [9.17, 15) is 0 Å². The maximum absolute atomic E-state index is 2.50. The zero-order valence-corrected chi connectivity index (χ0v) is 34.0. The molecule has 0 N–H and O–H groups in total. The second-order valence-electron chi connectivity index (χ2n) is 15.6.